The number of Topliss-reactive ketones (excluding diaryl/α,β-unsaturated/α-hetero) is 1. The second-order valence-electron chi connectivity index (χ2n) is 5.34. The van der Waals surface area contributed by atoms with Crippen LogP contribution >= 0.6 is 0 Å². The van der Waals surface area contributed by atoms with E-state index in [2.05, 4.69) is 13.0 Å². The van der Waals surface area contributed by atoms with E-state index < -0.39 is 0 Å². The molecule has 2 aliphatic rings. The van der Waals surface area contributed by atoms with Gasteiger partial charge in [-0.25, -0.2) is 0 Å². The zero-order valence-corrected chi connectivity index (χ0v) is 9.96. The summed E-state index contributed by atoms with van der Waals surface area (Å²) in [4.78, 5) is 11.4. The Kier molecular flexibility index (Phi) is 3.28. The number of carbonyl (C=O) groups excluding carboxylic acids is 1. The summed E-state index contributed by atoms with van der Waals surface area (Å²) in [5.74, 6) is 2.14. The molecule has 84 valence electrons. The summed E-state index contributed by atoms with van der Waals surface area (Å²) < 4.78 is 0. The van der Waals surface area contributed by atoms with E-state index in [1.165, 1.54) is 38.5 Å². The Morgan fingerprint density at radius 1 is 1.47 bits per heavy atom. The third-order valence-electron chi connectivity index (χ3n) is 4.43. The van der Waals surface area contributed by atoms with E-state index in [0.717, 1.165) is 5.92 Å². The first-order valence-corrected chi connectivity index (χ1v) is 6.38. The fourth-order valence-corrected chi connectivity index (χ4v) is 3.20. The Balaban J connectivity index is 2.00. The lowest BCUT2D eigenvalue weighted by Gasteiger charge is -2.36. The molecule has 1 fully saturated rings. The minimum absolute atomic E-state index is 0.286. The number of allylic oxidation sites excluding steroid dienone is 2. The van der Waals surface area contributed by atoms with Crippen LogP contribution in [-0.4, -0.2) is 5.78 Å². The maximum absolute atomic E-state index is 11.4. The van der Waals surface area contributed by atoms with E-state index >= 15 is 0 Å². The smallest absolute Gasteiger partial charge is 0.132 e. The molecule has 3 atom stereocenters. The first-order valence-electron chi connectivity index (χ1n) is 6.38. The summed E-state index contributed by atoms with van der Waals surface area (Å²) >= 11 is 0. The van der Waals surface area contributed by atoms with Crippen molar-refractivity contribution in [3.05, 3.63) is 11.6 Å². The van der Waals surface area contributed by atoms with Gasteiger partial charge in [-0.2, -0.15) is 0 Å². The Hall–Kier alpha value is -0.590. The van der Waals surface area contributed by atoms with Crippen LogP contribution in [0.4, 0.5) is 0 Å². The standard InChI is InChI=1S/C14H22O/c1-10(11(2)15)13-8-7-12-5-3-4-6-14(12)9-13/h5,10,13-14H,3-4,6-9H2,1-2H3. The van der Waals surface area contributed by atoms with Crippen molar-refractivity contribution in [2.24, 2.45) is 17.8 Å². The summed E-state index contributed by atoms with van der Waals surface area (Å²) in [5, 5.41) is 0. The lowest BCUT2D eigenvalue weighted by atomic mass is 9.69. The molecule has 0 aromatic heterocycles. The molecule has 0 heterocycles. The van der Waals surface area contributed by atoms with Crippen molar-refractivity contribution >= 4 is 5.78 Å². The number of rotatable bonds is 2. The molecule has 2 rings (SSSR count). The Morgan fingerprint density at radius 3 is 3.00 bits per heavy atom. The molecule has 0 amide bonds. The zero-order valence-electron chi connectivity index (χ0n) is 9.96. The van der Waals surface area contributed by atoms with Crippen LogP contribution in [0.3, 0.4) is 0 Å². The lowest BCUT2D eigenvalue weighted by molar-refractivity contribution is -0.122. The fraction of sp³-hybridized carbons (Fsp3) is 0.786. The average molecular weight is 206 g/mol. The van der Waals surface area contributed by atoms with Crippen molar-refractivity contribution in [2.75, 3.05) is 0 Å². The first-order chi connectivity index (χ1) is 7.18. The number of carbonyl (C=O) groups is 1. The van der Waals surface area contributed by atoms with Crippen LogP contribution in [-0.2, 0) is 4.79 Å². The molecule has 0 N–H and O–H groups in total. The Morgan fingerprint density at radius 2 is 2.27 bits per heavy atom. The van der Waals surface area contributed by atoms with E-state index in [-0.39, 0.29) is 5.92 Å². The number of fused-ring (bicyclic) bond motifs is 1. The maximum Gasteiger partial charge on any atom is 0.132 e. The van der Waals surface area contributed by atoms with E-state index in [9.17, 15) is 4.79 Å². The molecule has 0 aromatic rings. The molecule has 0 aromatic carbocycles. The summed E-state index contributed by atoms with van der Waals surface area (Å²) in [5.41, 5.74) is 1.70. The van der Waals surface area contributed by atoms with Gasteiger partial charge >= 0.3 is 0 Å². The molecule has 1 heteroatoms. The molecular weight excluding hydrogens is 184 g/mol. The minimum Gasteiger partial charge on any atom is -0.300 e. The van der Waals surface area contributed by atoms with Crippen LogP contribution in [0.5, 0.6) is 0 Å². The molecule has 1 nitrogen and oxygen atoms in total. The van der Waals surface area contributed by atoms with Gasteiger partial charge in [-0.05, 0) is 57.3 Å². The normalized spacial score (nSPS) is 32.8. The fourth-order valence-electron chi connectivity index (χ4n) is 3.20. The van der Waals surface area contributed by atoms with Crippen LogP contribution in [0.15, 0.2) is 11.6 Å². The Bertz CT molecular complexity index is 277. The summed E-state index contributed by atoms with van der Waals surface area (Å²) in [6, 6.07) is 0. The van der Waals surface area contributed by atoms with Gasteiger partial charge in [0.15, 0.2) is 0 Å². The van der Waals surface area contributed by atoms with Crippen LogP contribution in [0.25, 0.3) is 0 Å². The van der Waals surface area contributed by atoms with Crippen molar-refractivity contribution in [2.45, 2.75) is 52.4 Å². The topological polar surface area (TPSA) is 17.1 Å². The van der Waals surface area contributed by atoms with E-state index in [0.29, 0.717) is 11.7 Å². The summed E-state index contributed by atoms with van der Waals surface area (Å²) in [7, 11) is 0. The van der Waals surface area contributed by atoms with Crippen molar-refractivity contribution in [3.8, 4) is 0 Å². The number of ketones is 1. The Labute approximate surface area is 92.9 Å². The third kappa shape index (κ3) is 2.32. The van der Waals surface area contributed by atoms with Crippen LogP contribution in [0.1, 0.15) is 52.4 Å². The highest BCUT2D eigenvalue weighted by Gasteiger charge is 2.31. The predicted molar refractivity (Wildman–Crippen MR) is 62.6 cm³/mol. The molecule has 1 saturated carbocycles. The van der Waals surface area contributed by atoms with Crippen LogP contribution < -0.4 is 0 Å². The third-order valence-corrected chi connectivity index (χ3v) is 4.43. The van der Waals surface area contributed by atoms with Gasteiger partial charge in [-0.15, -0.1) is 0 Å². The second kappa shape index (κ2) is 4.51. The maximum atomic E-state index is 11.4. The second-order valence-corrected chi connectivity index (χ2v) is 5.34. The van der Waals surface area contributed by atoms with Gasteiger partial charge < -0.3 is 0 Å². The van der Waals surface area contributed by atoms with Crippen molar-refractivity contribution in [1.82, 2.24) is 0 Å². The van der Waals surface area contributed by atoms with Gasteiger partial charge in [0.2, 0.25) is 0 Å². The molecule has 0 spiro atoms. The number of hydrogen-bond acceptors (Lipinski definition) is 1. The minimum atomic E-state index is 0.286. The molecule has 2 aliphatic carbocycles. The largest absolute Gasteiger partial charge is 0.300 e. The molecule has 3 unspecified atom stereocenters. The highest BCUT2D eigenvalue weighted by atomic mass is 16.1. The molecular formula is C14H22O. The molecule has 0 radical (unpaired) electrons. The van der Waals surface area contributed by atoms with E-state index in [4.69, 9.17) is 0 Å². The van der Waals surface area contributed by atoms with Gasteiger partial charge in [-0.3, -0.25) is 4.79 Å². The summed E-state index contributed by atoms with van der Waals surface area (Å²) in [6.07, 6.45) is 10.2. The van der Waals surface area contributed by atoms with Gasteiger partial charge in [-0.1, -0.05) is 18.6 Å². The van der Waals surface area contributed by atoms with Crippen LogP contribution in [0, 0.1) is 17.8 Å². The molecule has 0 bridgehead atoms. The average Bonchev–Trinajstić information content (AvgIpc) is 2.27. The van der Waals surface area contributed by atoms with E-state index in [1.54, 1.807) is 12.5 Å². The van der Waals surface area contributed by atoms with Crippen molar-refractivity contribution in [1.29, 1.82) is 0 Å². The highest BCUT2D eigenvalue weighted by Crippen LogP contribution is 2.41. The SMILES string of the molecule is CC(=O)C(C)C1CCC2=CCCCC2C1. The van der Waals surface area contributed by atoms with Gasteiger partial charge in [0.05, 0.1) is 0 Å². The highest BCUT2D eigenvalue weighted by molar-refractivity contribution is 5.78. The predicted octanol–water partition coefficient (Wildman–Crippen LogP) is 3.74. The van der Waals surface area contributed by atoms with Crippen molar-refractivity contribution < 1.29 is 4.79 Å². The zero-order chi connectivity index (χ0) is 10.8. The van der Waals surface area contributed by atoms with Gasteiger partial charge in [0, 0.05) is 5.92 Å². The lowest BCUT2D eigenvalue weighted by Crippen LogP contribution is -2.27. The monoisotopic (exact) mass is 206 g/mol. The molecule has 0 aliphatic heterocycles. The van der Waals surface area contributed by atoms with Gasteiger partial charge in [0.1, 0.15) is 5.78 Å². The van der Waals surface area contributed by atoms with Gasteiger partial charge in [0.25, 0.3) is 0 Å². The molecule has 0 saturated heterocycles. The van der Waals surface area contributed by atoms with Crippen molar-refractivity contribution in [3.63, 3.8) is 0 Å². The summed E-state index contributed by atoms with van der Waals surface area (Å²) in [6.45, 7) is 3.86. The number of hydrogen-bond donors (Lipinski definition) is 0. The van der Waals surface area contributed by atoms with E-state index in [1.807, 2.05) is 0 Å². The molecule has 15 heavy (non-hydrogen) atoms. The first kappa shape index (κ1) is 10.9. The van der Waals surface area contributed by atoms with Crippen LogP contribution in [0.2, 0.25) is 0 Å². The quantitative estimate of drug-likeness (QED) is 0.629.